The van der Waals surface area contributed by atoms with Crippen LogP contribution < -0.4 is 5.32 Å². The number of aryl methyl sites for hydroxylation is 2. The number of nitro groups is 1. The minimum atomic E-state index is -0.502. The van der Waals surface area contributed by atoms with Gasteiger partial charge in [0.1, 0.15) is 5.69 Å². The van der Waals surface area contributed by atoms with E-state index in [1.54, 1.807) is 45.2 Å². The van der Waals surface area contributed by atoms with Crippen LogP contribution >= 0.6 is 0 Å². The molecule has 0 radical (unpaired) electrons. The molecule has 0 aliphatic rings. The summed E-state index contributed by atoms with van der Waals surface area (Å²) < 4.78 is 6.35. The van der Waals surface area contributed by atoms with Gasteiger partial charge in [0.15, 0.2) is 0 Å². The summed E-state index contributed by atoms with van der Waals surface area (Å²) in [5.74, 6) is -0.286. The predicted octanol–water partition coefficient (Wildman–Crippen LogP) is 2.56. The average molecular weight is 304 g/mol. The van der Waals surface area contributed by atoms with Gasteiger partial charge in [0.05, 0.1) is 22.8 Å². The smallest absolute Gasteiger partial charge is 0.340 e. The second-order valence-electron chi connectivity index (χ2n) is 4.55. The first-order chi connectivity index (χ1) is 10.5. The van der Waals surface area contributed by atoms with E-state index in [1.807, 2.05) is 0 Å². The molecule has 0 saturated heterocycles. The summed E-state index contributed by atoms with van der Waals surface area (Å²) >= 11 is 0. The van der Waals surface area contributed by atoms with E-state index >= 15 is 0 Å². The number of rotatable bonds is 5. The number of anilines is 2. The minimum absolute atomic E-state index is 0.124. The Balaban J connectivity index is 2.45. The highest BCUT2D eigenvalue weighted by Crippen LogP contribution is 2.31. The van der Waals surface area contributed by atoms with Crippen LogP contribution in [-0.4, -0.2) is 27.3 Å². The van der Waals surface area contributed by atoms with E-state index in [-0.39, 0.29) is 18.1 Å². The van der Waals surface area contributed by atoms with Crippen molar-refractivity contribution in [2.24, 2.45) is 7.05 Å². The summed E-state index contributed by atoms with van der Waals surface area (Å²) in [5, 5.41) is 18.1. The molecule has 1 aromatic carbocycles. The zero-order valence-corrected chi connectivity index (χ0v) is 12.5. The Hall–Kier alpha value is -2.90. The number of hydrogen-bond acceptors (Lipinski definition) is 6. The number of para-hydroxylation sites is 1. The maximum atomic E-state index is 11.9. The number of esters is 1. The minimum Gasteiger partial charge on any atom is -0.462 e. The lowest BCUT2D eigenvalue weighted by atomic mass is 10.2. The van der Waals surface area contributed by atoms with Gasteiger partial charge in [-0.15, -0.1) is 0 Å². The quantitative estimate of drug-likeness (QED) is 0.517. The molecule has 0 atom stereocenters. The largest absolute Gasteiger partial charge is 0.462 e. The maximum absolute atomic E-state index is 11.9. The molecular formula is C14H16N4O4. The second-order valence-corrected chi connectivity index (χ2v) is 4.55. The summed E-state index contributed by atoms with van der Waals surface area (Å²) in [6.45, 7) is 3.52. The van der Waals surface area contributed by atoms with Crippen LogP contribution in [0.1, 0.15) is 23.0 Å². The standard InChI is InChI=1S/C14H16N4O4/c1-4-22-14(19)10-7-5-6-8-11(10)15-13-12(18(20)21)9(2)16-17(13)3/h5-8,15H,4H2,1-3H3. The molecule has 0 saturated carbocycles. The molecule has 0 amide bonds. The van der Waals surface area contributed by atoms with Crippen LogP contribution in [0.3, 0.4) is 0 Å². The molecule has 2 rings (SSSR count). The van der Waals surface area contributed by atoms with Gasteiger partial charge in [-0.3, -0.25) is 10.1 Å². The third-order valence-electron chi connectivity index (χ3n) is 3.05. The highest BCUT2D eigenvalue weighted by atomic mass is 16.6. The monoisotopic (exact) mass is 304 g/mol. The Kier molecular flexibility index (Phi) is 4.40. The van der Waals surface area contributed by atoms with Crippen molar-refractivity contribution < 1.29 is 14.5 Å². The number of nitrogens with one attached hydrogen (secondary N) is 1. The second kappa shape index (κ2) is 6.25. The van der Waals surface area contributed by atoms with Crippen LogP contribution in [0.25, 0.3) is 0 Å². The van der Waals surface area contributed by atoms with Gasteiger partial charge in [-0.05, 0) is 26.0 Å². The number of nitrogens with zero attached hydrogens (tertiary/aromatic N) is 3. The molecule has 1 aromatic heterocycles. The van der Waals surface area contributed by atoms with Crippen molar-refractivity contribution in [1.82, 2.24) is 9.78 Å². The number of carbonyl (C=O) groups is 1. The molecule has 1 N–H and O–H groups in total. The van der Waals surface area contributed by atoms with Crippen molar-refractivity contribution >= 4 is 23.2 Å². The molecule has 0 fully saturated rings. The summed E-state index contributed by atoms with van der Waals surface area (Å²) in [6, 6.07) is 6.66. The third-order valence-corrected chi connectivity index (χ3v) is 3.05. The molecule has 0 bridgehead atoms. The van der Waals surface area contributed by atoms with E-state index in [9.17, 15) is 14.9 Å². The molecule has 0 aliphatic heterocycles. The van der Waals surface area contributed by atoms with Gasteiger partial charge in [-0.1, -0.05) is 12.1 Å². The summed E-state index contributed by atoms with van der Waals surface area (Å²) in [6.07, 6.45) is 0. The number of hydrogen-bond donors (Lipinski definition) is 1. The van der Waals surface area contributed by atoms with Gasteiger partial charge in [-0.2, -0.15) is 5.10 Å². The van der Waals surface area contributed by atoms with E-state index in [0.29, 0.717) is 16.9 Å². The fraction of sp³-hybridized carbons (Fsp3) is 0.286. The van der Waals surface area contributed by atoms with Crippen molar-refractivity contribution in [3.05, 3.63) is 45.6 Å². The summed E-state index contributed by atoms with van der Waals surface area (Å²) in [7, 11) is 1.59. The van der Waals surface area contributed by atoms with E-state index in [2.05, 4.69) is 10.4 Å². The zero-order valence-electron chi connectivity index (χ0n) is 12.5. The van der Waals surface area contributed by atoms with Gasteiger partial charge >= 0.3 is 11.7 Å². The fourth-order valence-electron chi connectivity index (χ4n) is 2.11. The Bertz CT molecular complexity index is 724. The van der Waals surface area contributed by atoms with Crippen LogP contribution in [0.15, 0.2) is 24.3 Å². The molecular weight excluding hydrogens is 288 g/mol. The average Bonchev–Trinajstić information content (AvgIpc) is 2.74. The van der Waals surface area contributed by atoms with E-state index in [0.717, 1.165) is 0 Å². The Labute approximate surface area is 126 Å². The van der Waals surface area contributed by atoms with Gasteiger partial charge in [-0.25, -0.2) is 9.48 Å². The molecule has 8 heteroatoms. The Morgan fingerprint density at radius 3 is 2.77 bits per heavy atom. The molecule has 0 aliphatic carbocycles. The van der Waals surface area contributed by atoms with Gasteiger partial charge in [0, 0.05) is 7.05 Å². The van der Waals surface area contributed by atoms with Crippen molar-refractivity contribution in [2.75, 3.05) is 11.9 Å². The molecule has 8 nitrogen and oxygen atoms in total. The lowest BCUT2D eigenvalue weighted by molar-refractivity contribution is -0.384. The highest BCUT2D eigenvalue weighted by molar-refractivity contribution is 5.96. The van der Waals surface area contributed by atoms with Crippen LogP contribution in [0.5, 0.6) is 0 Å². The lowest BCUT2D eigenvalue weighted by Crippen LogP contribution is -2.09. The van der Waals surface area contributed by atoms with E-state index < -0.39 is 10.9 Å². The SMILES string of the molecule is CCOC(=O)c1ccccc1Nc1c([N+](=O)[O-])c(C)nn1C. The number of aromatic nitrogens is 2. The molecule has 0 spiro atoms. The van der Waals surface area contributed by atoms with Crippen molar-refractivity contribution in [3.63, 3.8) is 0 Å². The Morgan fingerprint density at radius 1 is 1.45 bits per heavy atom. The zero-order chi connectivity index (χ0) is 16.3. The van der Waals surface area contributed by atoms with Crippen LogP contribution in [0, 0.1) is 17.0 Å². The third kappa shape index (κ3) is 2.90. The normalized spacial score (nSPS) is 10.3. The van der Waals surface area contributed by atoms with Crippen LogP contribution in [-0.2, 0) is 11.8 Å². The van der Waals surface area contributed by atoms with Gasteiger partial charge in [0.25, 0.3) is 0 Å². The maximum Gasteiger partial charge on any atom is 0.340 e. The first-order valence-corrected chi connectivity index (χ1v) is 6.66. The molecule has 2 aromatic rings. The van der Waals surface area contributed by atoms with Crippen molar-refractivity contribution in [3.8, 4) is 0 Å². The first kappa shape index (κ1) is 15.5. The number of carbonyl (C=O) groups excluding carboxylic acids is 1. The number of ether oxygens (including phenoxy) is 1. The number of benzene rings is 1. The highest BCUT2D eigenvalue weighted by Gasteiger charge is 2.25. The van der Waals surface area contributed by atoms with Gasteiger partial charge in [0.2, 0.25) is 5.82 Å². The Morgan fingerprint density at radius 2 is 2.14 bits per heavy atom. The molecule has 116 valence electrons. The molecule has 22 heavy (non-hydrogen) atoms. The topological polar surface area (TPSA) is 99.3 Å². The predicted molar refractivity (Wildman–Crippen MR) is 80.3 cm³/mol. The van der Waals surface area contributed by atoms with Gasteiger partial charge < -0.3 is 10.1 Å². The van der Waals surface area contributed by atoms with E-state index in [4.69, 9.17) is 4.74 Å². The first-order valence-electron chi connectivity index (χ1n) is 6.66. The lowest BCUT2D eigenvalue weighted by Gasteiger charge is -2.10. The molecule has 0 unspecified atom stereocenters. The summed E-state index contributed by atoms with van der Waals surface area (Å²) in [4.78, 5) is 22.6. The van der Waals surface area contributed by atoms with Crippen molar-refractivity contribution in [1.29, 1.82) is 0 Å². The molecule has 1 heterocycles. The van der Waals surface area contributed by atoms with Crippen LogP contribution in [0.2, 0.25) is 0 Å². The fourth-order valence-corrected chi connectivity index (χ4v) is 2.11. The van der Waals surface area contributed by atoms with E-state index in [1.165, 1.54) is 4.68 Å². The van der Waals surface area contributed by atoms with Crippen molar-refractivity contribution in [2.45, 2.75) is 13.8 Å². The van der Waals surface area contributed by atoms with Crippen LogP contribution in [0.4, 0.5) is 17.2 Å². The summed E-state index contributed by atoms with van der Waals surface area (Å²) in [5.41, 5.74) is 0.898.